The number of ether oxygens (including phenoxy) is 7. The highest BCUT2D eigenvalue weighted by Gasteiger charge is 2.35. The Bertz CT molecular complexity index is 1490. The lowest BCUT2D eigenvalue weighted by Crippen LogP contribution is -2.24. The Balaban J connectivity index is 1.95. The number of fused-ring (bicyclic) bond motifs is 1. The number of rotatable bonds is 10. The lowest BCUT2D eigenvalue weighted by molar-refractivity contribution is 0.0962. The molecule has 1 aliphatic rings. The van der Waals surface area contributed by atoms with Crippen LogP contribution in [-0.4, -0.2) is 58.2 Å². The highest BCUT2D eigenvalue weighted by atomic mass is 31.2. The van der Waals surface area contributed by atoms with E-state index in [1.807, 2.05) is 0 Å². The number of carbonyl (C=O) groups excluding carboxylic acids is 1. The summed E-state index contributed by atoms with van der Waals surface area (Å²) < 4.78 is 55.2. The molecule has 0 spiro atoms. The summed E-state index contributed by atoms with van der Waals surface area (Å²) >= 11 is 0. The summed E-state index contributed by atoms with van der Waals surface area (Å²) in [5.41, 5.74) is 1.25. The second kappa shape index (κ2) is 12.0. The van der Waals surface area contributed by atoms with E-state index in [-0.39, 0.29) is 22.6 Å². The first kappa shape index (κ1) is 29.6. The summed E-state index contributed by atoms with van der Waals surface area (Å²) in [6.07, 6.45) is 0.636. The van der Waals surface area contributed by atoms with E-state index < -0.39 is 19.7 Å². The van der Waals surface area contributed by atoms with Gasteiger partial charge in [-0.2, -0.15) is 0 Å². The summed E-state index contributed by atoms with van der Waals surface area (Å²) in [5, 5.41) is 0. The van der Waals surface area contributed by atoms with Crippen LogP contribution in [0.4, 0.5) is 0 Å². The van der Waals surface area contributed by atoms with Crippen LogP contribution in [0.2, 0.25) is 0 Å². The van der Waals surface area contributed by atoms with Gasteiger partial charge in [0.25, 0.3) is 0 Å². The molecular weight excluding hydrogens is 559 g/mol. The van der Waals surface area contributed by atoms with Gasteiger partial charge in [0.2, 0.25) is 11.5 Å². The van der Waals surface area contributed by atoms with Crippen molar-refractivity contribution in [2.24, 2.45) is 0 Å². The minimum absolute atomic E-state index is 0.0401. The fraction of sp³-hybridized carbons (Fsp3) is 0.250. The second-order valence-electron chi connectivity index (χ2n) is 8.58. The Labute approximate surface area is 236 Å². The molecule has 0 radical (unpaired) electrons. The van der Waals surface area contributed by atoms with Crippen molar-refractivity contribution in [3.05, 3.63) is 64.7 Å². The first-order valence-electron chi connectivity index (χ1n) is 12.0. The van der Waals surface area contributed by atoms with Crippen molar-refractivity contribution in [2.75, 3.05) is 42.7 Å². The predicted molar refractivity (Wildman–Crippen MR) is 147 cm³/mol. The van der Waals surface area contributed by atoms with Crippen LogP contribution < -0.4 is 37.7 Å². The van der Waals surface area contributed by atoms with Gasteiger partial charge >= 0.3 is 7.82 Å². The number of carbonyl (C=O) groups is 1. The van der Waals surface area contributed by atoms with Crippen LogP contribution in [0.5, 0.6) is 46.0 Å². The largest absolute Gasteiger partial charge is 0.524 e. The lowest BCUT2D eigenvalue weighted by atomic mass is 9.89. The fourth-order valence-corrected chi connectivity index (χ4v) is 4.84. The van der Waals surface area contributed by atoms with Gasteiger partial charge in [0, 0.05) is 11.1 Å². The molecule has 1 atom stereocenters. The van der Waals surface area contributed by atoms with E-state index in [1.165, 1.54) is 60.9 Å². The number of hydrogen-bond donors (Lipinski definition) is 2. The molecule has 41 heavy (non-hydrogen) atoms. The molecule has 0 fully saturated rings. The van der Waals surface area contributed by atoms with E-state index in [9.17, 15) is 19.1 Å². The molecule has 2 N–H and O–H groups in total. The topological polar surface area (TPSA) is 148 Å². The van der Waals surface area contributed by atoms with E-state index in [0.717, 1.165) is 0 Å². The smallest absolute Gasteiger partial charge is 0.493 e. The number of benzene rings is 3. The van der Waals surface area contributed by atoms with Crippen molar-refractivity contribution in [3.63, 3.8) is 0 Å². The molecule has 0 bridgehead atoms. The molecule has 3 aromatic carbocycles. The van der Waals surface area contributed by atoms with Crippen molar-refractivity contribution in [1.29, 1.82) is 0 Å². The normalized spacial score (nSPS) is 15.5. The van der Waals surface area contributed by atoms with Gasteiger partial charge in [0.05, 0.1) is 48.2 Å². The molecule has 1 heterocycles. The van der Waals surface area contributed by atoms with Crippen LogP contribution in [0.1, 0.15) is 27.6 Å². The van der Waals surface area contributed by atoms with E-state index in [0.29, 0.717) is 45.6 Å². The minimum Gasteiger partial charge on any atom is -0.493 e. The number of ketones is 1. The Morgan fingerprint density at radius 1 is 0.756 bits per heavy atom. The van der Waals surface area contributed by atoms with Crippen LogP contribution >= 0.6 is 7.82 Å². The van der Waals surface area contributed by atoms with Crippen LogP contribution in [0.15, 0.2) is 48.0 Å². The van der Waals surface area contributed by atoms with Gasteiger partial charge in [0.1, 0.15) is 11.5 Å². The van der Waals surface area contributed by atoms with Crippen molar-refractivity contribution < 1.29 is 56.8 Å². The van der Waals surface area contributed by atoms with E-state index in [4.69, 9.17) is 37.7 Å². The summed E-state index contributed by atoms with van der Waals surface area (Å²) in [4.78, 5) is 32.5. The molecule has 1 unspecified atom stereocenters. The number of methoxy groups -OCH3 is 6. The Morgan fingerprint density at radius 3 is 1.73 bits per heavy atom. The summed E-state index contributed by atoms with van der Waals surface area (Å²) in [7, 11) is 3.97. The van der Waals surface area contributed by atoms with Gasteiger partial charge in [-0.15, -0.1) is 0 Å². The predicted octanol–water partition coefficient (Wildman–Crippen LogP) is 4.61. The van der Waals surface area contributed by atoms with E-state index in [1.54, 1.807) is 30.3 Å². The lowest BCUT2D eigenvalue weighted by Gasteiger charge is -2.29. The maximum Gasteiger partial charge on any atom is 0.524 e. The van der Waals surface area contributed by atoms with E-state index >= 15 is 0 Å². The molecule has 1 aliphatic heterocycles. The zero-order valence-corrected chi connectivity index (χ0v) is 24.0. The quantitative estimate of drug-likeness (QED) is 0.252. The summed E-state index contributed by atoms with van der Waals surface area (Å²) in [6.45, 7) is 0. The molecule has 13 heteroatoms. The highest BCUT2D eigenvalue weighted by molar-refractivity contribution is 7.46. The molecule has 3 aromatic rings. The molecule has 218 valence electrons. The Kier molecular flexibility index (Phi) is 8.67. The number of hydrogen-bond acceptors (Lipinski definition) is 10. The summed E-state index contributed by atoms with van der Waals surface area (Å²) in [5.74, 6) is 1.65. The average Bonchev–Trinajstić information content (AvgIpc) is 2.96. The maximum atomic E-state index is 14.0. The molecular formula is C28H29O12P. The summed E-state index contributed by atoms with van der Waals surface area (Å²) in [6, 6.07) is 10.6. The zero-order chi connectivity index (χ0) is 29.9. The zero-order valence-electron chi connectivity index (χ0n) is 23.1. The molecule has 0 saturated heterocycles. The van der Waals surface area contributed by atoms with Crippen LogP contribution in [0, 0.1) is 0 Å². The van der Waals surface area contributed by atoms with E-state index in [2.05, 4.69) is 0 Å². The molecule has 12 nitrogen and oxygen atoms in total. The maximum absolute atomic E-state index is 14.0. The molecule has 0 saturated carbocycles. The van der Waals surface area contributed by atoms with Crippen LogP contribution in [0.3, 0.4) is 0 Å². The van der Waals surface area contributed by atoms with Crippen molar-refractivity contribution in [3.8, 4) is 46.0 Å². The number of phosphoric acid groups is 1. The third kappa shape index (κ3) is 6.04. The average molecular weight is 589 g/mol. The third-order valence-electron chi connectivity index (χ3n) is 6.21. The van der Waals surface area contributed by atoms with Gasteiger partial charge in [0.15, 0.2) is 34.9 Å². The first-order valence-corrected chi connectivity index (χ1v) is 13.5. The van der Waals surface area contributed by atoms with Gasteiger partial charge in [-0.25, -0.2) is 4.57 Å². The monoisotopic (exact) mass is 588 g/mol. The van der Waals surface area contributed by atoms with Crippen LogP contribution in [-0.2, 0) is 4.57 Å². The minimum atomic E-state index is -4.87. The standard InChI is InChI=1S/C28H29O12P/c1-33-21-10-15(11-22(34-2)27(21)37-5)9-19-25(29)18-14-17(40-41(30,31)32)7-8-20(18)39-26(19)16-12-23(35-3)28(38-6)24(13-16)36-4/h7-14,26H,1-6H3,(H2,30,31,32). The van der Waals surface area contributed by atoms with Crippen molar-refractivity contribution in [2.45, 2.75) is 6.10 Å². The number of Topliss-reactive ketones (excluding diaryl/α,β-unsaturated/α-hetero) is 1. The number of phosphoric ester groups is 1. The molecule has 0 aromatic heterocycles. The molecule has 0 amide bonds. The highest BCUT2D eigenvalue weighted by Crippen LogP contribution is 2.47. The molecule has 0 aliphatic carbocycles. The van der Waals surface area contributed by atoms with Gasteiger partial charge in [-0.3, -0.25) is 14.6 Å². The first-order chi connectivity index (χ1) is 19.6. The van der Waals surface area contributed by atoms with Gasteiger partial charge in [-0.05, 0) is 54.1 Å². The Hall–Kier alpha value is -4.38. The second-order valence-corrected chi connectivity index (χ2v) is 9.75. The SMILES string of the molecule is COc1cc(C=C2C(=O)c3cc(OP(=O)(O)O)ccc3OC2c2cc(OC)c(OC)c(OC)c2)cc(OC)c1OC. The van der Waals surface area contributed by atoms with Crippen molar-refractivity contribution in [1.82, 2.24) is 0 Å². The van der Waals surface area contributed by atoms with Gasteiger partial charge < -0.3 is 37.7 Å². The van der Waals surface area contributed by atoms with Crippen LogP contribution in [0.25, 0.3) is 6.08 Å². The Morgan fingerprint density at radius 2 is 1.27 bits per heavy atom. The third-order valence-corrected chi connectivity index (χ3v) is 6.66. The fourth-order valence-electron chi connectivity index (χ4n) is 4.45. The van der Waals surface area contributed by atoms with Gasteiger partial charge in [-0.1, -0.05) is 0 Å². The van der Waals surface area contributed by atoms with Crippen molar-refractivity contribution >= 4 is 19.7 Å². The molecule has 4 rings (SSSR count).